The summed E-state index contributed by atoms with van der Waals surface area (Å²) < 4.78 is 11.3. The maximum Gasteiger partial charge on any atom is 0.304 e. The van der Waals surface area contributed by atoms with E-state index in [1.807, 2.05) is 48.5 Å². The van der Waals surface area contributed by atoms with Crippen molar-refractivity contribution in [3.63, 3.8) is 0 Å². The van der Waals surface area contributed by atoms with E-state index in [2.05, 4.69) is 0 Å². The summed E-state index contributed by atoms with van der Waals surface area (Å²) in [4.78, 5) is 11.1. The van der Waals surface area contributed by atoms with Crippen LogP contribution in [0.4, 0.5) is 0 Å². The zero-order valence-corrected chi connectivity index (χ0v) is 13.1. The molecule has 0 spiro atoms. The molecule has 0 aliphatic heterocycles. The zero-order valence-electron chi connectivity index (χ0n) is 13.1. The van der Waals surface area contributed by atoms with Crippen LogP contribution in [0, 0.1) is 0 Å². The Bertz CT molecular complexity index is 690. The maximum absolute atomic E-state index is 11.1. The monoisotopic (exact) mass is 312 g/mol. The molecule has 1 aliphatic rings. The molecule has 3 rings (SSSR count). The van der Waals surface area contributed by atoms with Gasteiger partial charge >= 0.3 is 5.97 Å². The zero-order chi connectivity index (χ0) is 16.3. The van der Waals surface area contributed by atoms with Crippen LogP contribution in [0.25, 0.3) is 0 Å². The molecule has 2 aromatic carbocycles. The second kappa shape index (κ2) is 6.32. The van der Waals surface area contributed by atoms with Crippen molar-refractivity contribution in [1.82, 2.24) is 0 Å². The Morgan fingerprint density at radius 2 is 1.87 bits per heavy atom. The molecule has 0 heterocycles. The first-order valence-electron chi connectivity index (χ1n) is 7.70. The number of methoxy groups -OCH3 is 1. The Kier molecular flexibility index (Phi) is 4.24. The molecular weight excluding hydrogens is 292 g/mol. The van der Waals surface area contributed by atoms with Gasteiger partial charge in [0.05, 0.1) is 13.5 Å². The minimum Gasteiger partial charge on any atom is -0.493 e. The number of hydrogen-bond donors (Lipinski definition) is 1. The van der Waals surface area contributed by atoms with Gasteiger partial charge in [0.25, 0.3) is 0 Å². The Hall–Kier alpha value is -2.49. The van der Waals surface area contributed by atoms with Crippen LogP contribution in [0.15, 0.2) is 48.5 Å². The average molecular weight is 312 g/mol. The molecule has 120 valence electrons. The molecule has 0 saturated heterocycles. The SMILES string of the molecule is COc1cc(C2(CC(=O)O)CC2)ccc1OCc1ccccc1. The number of aliphatic carboxylic acids is 1. The van der Waals surface area contributed by atoms with E-state index >= 15 is 0 Å². The molecule has 1 saturated carbocycles. The van der Waals surface area contributed by atoms with Gasteiger partial charge in [-0.2, -0.15) is 0 Å². The van der Waals surface area contributed by atoms with E-state index in [0.717, 1.165) is 24.0 Å². The summed E-state index contributed by atoms with van der Waals surface area (Å²) in [5.41, 5.74) is 1.88. The van der Waals surface area contributed by atoms with Crippen LogP contribution in [-0.2, 0) is 16.8 Å². The van der Waals surface area contributed by atoms with Crippen LogP contribution >= 0.6 is 0 Å². The van der Waals surface area contributed by atoms with Crippen LogP contribution < -0.4 is 9.47 Å². The topological polar surface area (TPSA) is 55.8 Å². The number of carboxylic acid groups (broad SMARTS) is 1. The van der Waals surface area contributed by atoms with Crippen molar-refractivity contribution < 1.29 is 19.4 Å². The van der Waals surface area contributed by atoms with E-state index in [-0.39, 0.29) is 11.8 Å². The molecule has 2 aromatic rings. The normalized spacial score (nSPS) is 15.0. The molecule has 23 heavy (non-hydrogen) atoms. The molecule has 0 aromatic heterocycles. The first kappa shape index (κ1) is 15.4. The summed E-state index contributed by atoms with van der Waals surface area (Å²) in [6.07, 6.45) is 1.99. The number of benzene rings is 2. The fraction of sp³-hybridized carbons (Fsp3) is 0.316. The van der Waals surface area contributed by atoms with E-state index in [9.17, 15) is 4.79 Å². The van der Waals surface area contributed by atoms with Gasteiger partial charge in [0, 0.05) is 5.41 Å². The minimum absolute atomic E-state index is 0.167. The van der Waals surface area contributed by atoms with E-state index in [4.69, 9.17) is 14.6 Å². The van der Waals surface area contributed by atoms with E-state index in [0.29, 0.717) is 18.1 Å². The number of hydrogen-bond acceptors (Lipinski definition) is 3. The molecule has 4 heteroatoms. The average Bonchev–Trinajstić information content (AvgIpc) is 3.33. The fourth-order valence-electron chi connectivity index (χ4n) is 2.86. The van der Waals surface area contributed by atoms with E-state index in [1.54, 1.807) is 7.11 Å². The lowest BCUT2D eigenvalue weighted by Gasteiger charge is -2.17. The minimum atomic E-state index is -0.758. The van der Waals surface area contributed by atoms with Gasteiger partial charge in [0.15, 0.2) is 11.5 Å². The molecule has 1 fully saturated rings. The maximum atomic E-state index is 11.1. The summed E-state index contributed by atoms with van der Waals surface area (Å²) >= 11 is 0. The molecule has 0 amide bonds. The van der Waals surface area contributed by atoms with Gasteiger partial charge < -0.3 is 14.6 Å². The summed E-state index contributed by atoms with van der Waals surface area (Å²) in [7, 11) is 1.60. The highest BCUT2D eigenvalue weighted by molar-refractivity contribution is 5.70. The smallest absolute Gasteiger partial charge is 0.304 e. The predicted molar refractivity (Wildman–Crippen MR) is 86.9 cm³/mol. The number of carbonyl (C=O) groups is 1. The summed E-state index contributed by atoms with van der Waals surface area (Å²) in [5.74, 6) is 0.562. The van der Waals surface area contributed by atoms with Crippen LogP contribution in [0.1, 0.15) is 30.4 Å². The summed E-state index contributed by atoms with van der Waals surface area (Å²) in [6, 6.07) is 15.7. The third kappa shape index (κ3) is 3.47. The van der Waals surface area contributed by atoms with Gasteiger partial charge in [-0.25, -0.2) is 0 Å². The first-order valence-corrected chi connectivity index (χ1v) is 7.70. The Balaban J connectivity index is 1.76. The Morgan fingerprint density at radius 1 is 1.13 bits per heavy atom. The predicted octanol–water partition coefficient (Wildman–Crippen LogP) is 3.78. The Morgan fingerprint density at radius 3 is 2.48 bits per heavy atom. The highest BCUT2D eigenvalue weighted by atomic mass is 16.5. The van der Waals surface area contributed by atoms with Crippen LogP contribution in [0.2, 0.25) is 0 Å². The molecule has 0 radical (unpaired) electrons. The Labute approximate surface area is 135 Å². The second-order valence-electron chi connectivity index (χ2n) is 5.99. The first-order chi connectivity index (χ1) is 11.1. The van der Waals surface area contributed by atoms with Crippen molar-refractivity contribution in [2.45, 2.75) is 31.3 Å². The second-order valence-corrected chi connectivity index (χ2v) is 5.99. The lowest BCUT2D eigenvalue weighted by molar-refractivity contribution is -0.137. The quantitative estimate of drug-likeness (QED) is 0.845. The highest BCUT2D eigenvalue weighted by Crippen LogP contribution is 2.52. The lowest BCUT2D eigenvalue weighted by atomic mass is 9.92. The summed E-state index contributed by atoms with van der Waals surface area (Å²) in [5, 5.41) is 9.09. The molecule has 1 N–H and O–H groups in total. The highest BCUT2D eigenvalue weighted by Gasteiger charge is 2.46. The van der Waals surface area contributed by atoms with Gasteiger partial charge in [-0.1, -0.05) is 36.4 Å². The van der Waals surface area contributed by atoms with Crippen molar-refractivity contribution in [2.75, 3.05) is 7.11 Å². The molecule has 1 aliphatic carbocycles. The third-order valence-electron chi connectivity index (χ3n) is 4.36. The molecule has 4 nitrogen and oxygen atoms in total. The van der Waals surface area contributed by atoms with E-state index < -0.39 is 5.97 Å². The number of ether oxygens (including phenoxy) is 2. The fourth-order valence-corrected chi connectivity index (χ4v) is 2.86. The number of carboxylic acids is 1. The van der Waals surface area contributed by atoms with Crippen molar-refractivity contribution in [3.05, 3.63) is 59.7 Å². The van der Waals surface area contributed by atoms with Crippen LogP contribution in [0.3, 0.4) is 0 Å². The molecule has 0 atom stereocenters. The number of rotatable bonds is 7. The third-order valence-corrected chi connectivity index (χ3v) is 4.36. The van der Waals surface area contributed by atoms with Gasteiger partial charge in [-0.15, -0.1) is 0 Å². The van der Waals surface area contributed by atoms with Crippen molar-refractivity contribution in [2.24, 2.45) is 0 Å². The molecule has 0 bridgehead atoms. The largest absolute Gasteiger partial charge is 0.493 e. The van der Waals surface area contributed by atoms with Crippen molar-refractivity contribution in [3.8, 4) is 11.5 Å². The van der Waals surface area contributed by atoms with Gasteiger partial charge in [-0.05, 0) is 36.1 Å². The van der Waals surface area contributed by atoms with E-state index in [1.165, 1.54) is 0 Å². The van der Waals surface area contributed by atoms with Gasteiger partial charge in [0.1, 0.15) is 6.61 Å². The molecule has 0 unspecified atom stereocenters. The van der Waals surface area contributed by atoms with Crippen molar-refractivity contribution in [1.29, 1.82) is 0 Å². The van der Waals surface area contributed by atoms with Crippen LogP contribution in [-0.4, -0.2) is 18.2 Å². The lowest BCUT2D eigenvalue weighted by Crippen LogP contribution is -2.13. The molecular formula is C19H20O4. The summed E-state index contributed by atoms with van der Waals surface area (Å²) in [6.45, 7) is 0.469. The van der Waals surface area contributed by atoms with Crippen molar-refractivity contribution >= 4 is 5.97 Å². The van der Waals surface area contributed by atoms with Crippen LogP contribution in [0.5, 0.6) is 11.5 Å². The van der Waals surface area contributed by atoms with Gasteiger partial charge in [0.2, 0.25) is 0 Å². The standard InChI is InChI=1S/C19H20O4/c1-22-17-11-15(19(9-10-19)12-18(20)21)7-8-16(17)23-13-14-5-3-2-4-6-14/h2-8,11H,9-10,12-13H2,1H3,(H,20,21). The van der Waals surface area contributed by atoms with Gasteiger partial charge in [-0.3, -0.25) is 4.79 Å².